The van der Waals surface area contributed by atoms with Gasteiger partial charge >= 0.3 is 5.97 Å². The van der Waals surface area contributed by atoms with Crippen molar-refractivity contribution >= 4 is 23.7 Å². The van der Waals surface area contributed by atoms with E-state index in [1.54, 1.807) is 35.9 Å². The Morgan fingerprint density at radius 3 is 2.53 bits per heavy atom. The summed E-state index contributed by atoms with van der Waals surface area (Å²) in [5.74, 6) is -3.19. The highest BCUT2D eigenvalue weighted by molar-refractivity contribution is 5.98. The summed E-state index contributed by atoms with van der Waals surface area (Å²) in [6, 6.07) is 7.10. The Labute approximate surface area is 267 Å². The van der Waals surface area contributed by atoms with E-state index in [-0.39, 0.29) is 30.7 Å². The van der Waals surface area contributed by atoms with Crippen LogP contribution in [-0.2, 0) is 28.7 Å². The van der Waals surface area contributed by atoms with Crippen molar-refractivity contribution in [2.75, 3.05) is 26.7 Å². The normalized spacial score (nSPS) is 27.0. The Balaban J connectivity index is 1.67. The number of likely N-dealkylation sites (tertiary alicyclic amines) is 1. The molecule has 1 N–H and O–H groups in total. The lowest BCUT2D eigenvalue weighted by Gasteiger charge is -2.38. The quantitative estimate of drug-likeness (QED) is 0.221. The minimum Gasteiger partial charge on any atom is -0.455 e. The molecule has 1 aromatic carbocycles. The Bertz CT molecular complexity index is 1250. The van der Waals surface area contributed by atoms with Crippen LogP contribution in [0.1, 0.15) is 71.0 Å². The van der Waals surface area contributed by atoms with Gasteiger partial charge in [0.25, 0.3) is 0 Å². The second kappa shape index (κ2) is 14.7. The number of carbonyl (C=O) groups is 4. The first kappa shape index (κ1) is 34.4. The molecule has 2 bridgehead atoms. The molecule has 0 saturated carbocycles. The third kappa shape index (κ3) is 6.45. The Hall–Kier alpha value is -3.50. The Morgan fingerprint density at radius 2 is 1.91 bits per heavy atom. The van der Waals surface area contributed by atoms with E-state index in [1.807, 2.05) is 44.2 Å². The zero-order valence-corrected chi connectivity index (χ0v) is 27.1. The first-order valence-corrected chi connectivity index (χ1v) is 16.2. The summed E-state index contributed by atoms with van der Waals surface area (Å²) in [5, 5.41) is 10.2. The molecule has 3 saturated heterocycles. The Kier molecular flexibility index (Phi) is 11.3. The highest BCUT2D eigenvalue weighted by Crippen LogP contribution is 2.59. The molecule has 0 radical (unpaired) electrons. The zero-order chi connectivity index (χ0) is 32.9. The van der Waals surface area contributed by atoms with Crippen LogP contribution < -0.4 is 0 Å². The van der Waals surface area contributed by atoms with Crippen LogP contribution in [0.3, 0.4) is 0 Å². The molecule has 10 heteroatoms. The van der Waals surface area contributed by atoms with E-state index >= 15 is 0 Å². The number of hydrogen-bond acceptors (Lipinski definition) is 7. The van der Waals surface area contributed by atoms with Crippen LogP contribution >= 0.6 is 0 Å². The standard InChI is InChI=1S/C35H49N3O7/c1-7-10-17-27(40)36(6)24(5)30(25-15-13-12-14-16-25)44-34(43)28-26-18-19-35(45-26)29(28)32(41)38(23(4)22-39)31(35)33(42)37(20-9-3)21-11-8-2/h7,9,12-16,23-24,26,28-31,39H,1,3,8,10-11,17-22H2,2,4-6H3/t23-,24+,26+,28-,29-,30-,31+,35-/m1/s1. The van der Waals surface area contributed by atoms with Crippen LogP contribution in [0.25, 0.3) is 0 Å². The number of esters is 1. The number of unbranched alkanes of at least 4 members (excludes halogenated alkanes) is 1. The van der Waals surface area contributed by atoms with Crippen molar-refractivity contribution in [2.45, 2.75) is 95.2 Å². The maximum absolute atomic E-state index is 14.3. The molecular weight excluding hydrogens is 574 g/mol. The molecule has 3 aliphatic heterocycles. The number of hydrogen-bond donors (Lipinski definition) is 1. The predicted molar refractivity (Wildman–Crippen MR) is 170 cm³/mol. The maximum atomic E-state index is 14.3. The molecule has 3 aliphatic rings. The first-order chi connectivity index (χ1) is 21.6. The van der Waals surface area contributed by atoms with Gasteiger partial charge in [-0.2, -0.15) is 0 Å². The van der Waals surface area contributed by atoms with Crippen molar-refractivity contribution in [1.82, 2.24) is 14.7 Å². The van der Waals surface area contributed by atoms with Gasteiger partial charge < -0.3 is 29.3 Å². The molecule has 0 unspecified atom stereocenters. The van der Waals surface area contributed by atoms with E-state index in [9.17, 15) is 24.3 Å². The van der Waals surface area contributed by atoms with Crippen molar-refractivity contribution in [1.29, 1.82) is 0 Å². The van der Waals surface area contributed by atoms with E-state index in [0.29, 0.717) is 32.4 Å². The summed E-state index contributed by atoms with van der Waals surface area (Å²) in [7, 11) is 1.69. The van der Waals surface area contributed by atoms with Crippen LogP contribution in [0.5, 0.6) is 0 Å². The largest absolute Gasteiger partial charge is 0.455 e. The molecule has 3 heterocycles. The van der Waals surface area contributed by atoms with Gasteiger partial charge in [-0.15, -0.1) is 13.2 Å². The summed E-state index contributed by atoms with van der Waals surface area (Å²) in [4.78, 5) is 60.4. The van der Waals surface area contributed by atoms with Gasteiger partial charge in [-0.1, -0.05) is 55.8 Å². The van der Waals surface area contributed by atoms with E-state index in [4.69, 9.17) is 9.47 Å². The summed E-state index contributed by atoms with van der Waals surface area (Å²) >= 11 is 0. The van der Waals surface area contributed by atoms with Gasteiger partial charge in [0.1, 0.15) is 17.7 Å². The van der Waals surface area contributed by atoms with Gasteiger partial charge in [0.2, 0.25) is 17.7 Å². The lowest BCUT2D eigenvalue weighted by molar-refractivity contribution is -0.165. The molecule has 1 spiro atoms. The summed E-state index contributed by atoms with van der Waals surface area (Å²) < 4.78 is 12.8. The fourth-order valence-electron chi connectivity index (χ4n) is 7.29. The van der Waals surface area contributed by atoms with Crippen molar-refractivity contribution < 1.29 is 33.8 Å². The SMILES string of the molecule is C=CCCC(=O)N(C)[C@@H](C)[C@@H](OC(=O)[C@@H]1[C@@H]2CC[C@]3(O2)[C@H](C(=O)N(CC=C)CCCC)N([C@H](C)CO)C(=O)[C@@H]13)c1ccccc1. The number of rotatable bonds is 16. The molecular formula is C35H49N3O7. The molecule has 4 rings (SSSR count). The number of likely N-dealkylation sites (N-methyl/N-ethyl adjacent to an activating group) is 1. The van der Waals surface area contributed by atoms with E-state index in [1.165, 1.54) is 4.90 Å². The van der Waals surface area contributed by atoms with Gasteiger partial charge in [0.15, 0.2) is 0 Å². The predicted octanol–water partition coefficient (Wildman–Crippen LogP) is 3.65. The van der Waals surface area contributed by atoms with Crippen LogP contribution in [0.4, 0.5) is 0 Å². The highest BCUT2D eigenvalue weighted by atomic mass is 16.6. The number of fused-ring (bicyclic) bond motifs is 1. The monoisotopic (exact) mass is 623 g/mol. The smallest absolute Gasteiger partial charge is 0.313 e. The van der Waals surface area contributed by atoms with Gasteiger partial charge in [0, 0.05) is 26.6 Å². The van der Waals surface area contributed by atoms with Crippen LogP contribution in [0.15, 0.2) is 55.6 Å². The van der Waals surface area contributed by atoms with Crippen molar-refractivity contribution in [3.05, 3.63) is 61.2 Å². The zero-order valence-electron chi connectivity index (χ0n) is 27.1. The lowest BCUT2D eigenvalue weighted by Crippen LogP contribution is -2.58. The van der Waals surface area contributed by atoms with Crippen molar-refractivity contribution in [3.63, 3.8) is 0 Å². The molecule has 0 aromatic heterocycles. The van der Waals surface area contributed by atoms with Crippen LogP contribution in [-0.4, -0.2) is 100 Å². The van der Waals surface area contributed by atoms with Crippen molar-refractivity contribution in [2.24, 2.45) is 11.8 Å². The highest BCUT2D eigenvalue weighted by Gasteiger charge is 2.75. The number of ether oxygens (including phenoxy) is 2. The van der Waals surface area contributed by atoms with Gasteiger partial charge in [-0.05, 0) is 45.1 Å². The molecule has 3 fully saturated rings. The van der Waals surface area contributed by atoms with E-state index < -0.39 is 53.7 Å². The summed E-state index contributed by atoms with van der Waals surface area (Å²) in [6.45, 7) is 13.6. The molecule has 246 valence electrons. The van der Waals surface area contributed by atoms with Crippen molar-refractivity contribution in [3.8, 4) is 0 Å². The third-order valence-corrected chi connectivity index (χ3v) is 9.80. The van der Waals surface area contributed by atoms with Gasteiger partial charge in [0.05, 0.1) is 36.6 Å². The summed E-state index contributed by atoms with van der Waals surface area (Å²) in [6.07, 6.45) is 5.39. The minimum absolute atomic E-state index is 0.102. The van der Waals surface area contributed by atoms with Crippen LogP contribution in [0, 0.1) is 11.8 Å². The third-order valence-electron chi connectivity index (χ3n) is 9.80. The number of benzene rings is 1. The van der Waals surface area contributed by atoms with Crippen LogP contribution in [0.2, 0.25) is 0 Å². The number of carbonyl (C=O) groups excluding carboxylic acids is 4. The van der Waals surface area contributed by atoms with E-state index in [2.05, 4.69) is 13.2 Å². The lowest BCUT2D eigenvalue weighted by atomic mass is 9.70. The molecule has 1 aromatic rings. The Morgan fingerprint density at radius 1 is 1.20 bits per heavy atom. The number of aliphatic hydroxyl groups is 1. The molecule has 0 aliphatic carbocycles. The number of allylic oxidation sites excluding steroid dienone is 1. The number of amides is 3. The topological polar surface area (TPSA) is 117 Å². The molecule has 3 amide bonds. The maximum Gasteiger partial charge on any atom is 0.313 e. The average Bonchev–Trinajstić information content (AvgIpc) is 3.70. The van der Waals surface area contributed by atoms with E-state index in [0.717, 1.165) is 18.4 Å². The average molecular weight is 624 g/mol. The second-order valence-electron chi connectivity index (χ2n) is 12.6. The second-order valence-corrected chi connectivity index (χ2v) is 12.6. The van der Waals surface area contributed by atoms with Gasteiger partial charge in [-0.25, -0.2) is 0 Å². The molecule has 8 atom stereocenters. The minimum atomic E-state index is -1.21. The number of nitrogens with zero attached hydrogens (tertiary/aromatic N) is 3. The fourth-order valence-corrected chi connectivity index (χ4v) is 7.29. The first-order valence-electron chi connectivity index (χ1n) is 16.2. The summed E-state index contributed by atoms with van der Waals surface area (Å²) in [5.41, 5.74) is -0.485. The number of aliphatic hydroxyl groups excluding tert-OH is 1. The molecule has 45 heavy (non-hydrogen) atoms. The van der Waals surface area contributed by atoms with Gasteiger partial charge in [-0.3, -0.25) is 19.2 Å². The molecule has 10 nitrogen and oxygen atoms in total. The fraction of sp³-hybridized carbons (Fsp3) is 0.600.